The number of hydrogen-bond acceptors (Lipinski definition) is 3. The fraction of sp³-hybridized carbons (Fsp3) is 0.158. The topological polar surface area (TPSA) is 62.7 Å². The Hall–Kier alpha value is -2.86. The van der Waals surface area contributed by atoms with Gasteiger partial charge >= 0.3 is 0 Å². The van der Waals surface area contributed by atoms with E-state index in [2.05, 4.69) is 11.1 Å². The van der Waals surface area contributed by atoms with Crippen LogP contribution in [0.25, 0.3) is 22.0 Å². The van der Waals surface area contributed by atoms with Gasteiger partial charge in [0, 0.05) is 22.8 Å². The number of nitrogen functional groups attached to an aromatic ring is 1. The van der Waals surface area contributed by atoms with Crippen molar-refractivity contribution in [3.63, 3.8) is 0 Å². The van der Waals surface area contributed by atoms with E-state index in [1.165, 1.54) is 0 Å². The third kappa shape index (κ3) is 2.29. The standard InChI is InChI=1S/C19H17N3/c1-19(2,12-20)14-8-6-13(7-9-14)15-4-3-5-16-17(21)10-11-22-18(15)16/h3-11H,1-2H3,(H2,21,22). The van der Waals surface area contributed by atoms with E-state index in [4.69, 9.17) is 5.73 Å². The molecule has 0 amide bonds. The Bertz CT molecular complexity index is 871. The summed E-state index contributed by atoms with van der Waals surface area (Å²) in [7, 11) is 0. The van der Waals surface area contributed by atoms with Gasteiger partial charge in [-0.25, -0.2) is 0 Å². The van der Waals surface area contributed by atoms with Gasteiger partial charge in [-0.2, -0.15) is 5.26 Å². The molecule has 0 unspecified atom stereocenters. The van der Waals surface area contributed by atoms with Crippen LogP contribution in [0.2, 0.25) is 0 Å². The lowest BCUT2D eigenvalue weighted by Crippen LogP contribution is -2.13. The van der Waals surface area contributed by atoms with Crippen LogP contribution < -0.4 is 5.73 Å². The van der Waals surface area contributed by atoms with Crippen LogP contribution in [0.15, 0.2) is 54.7 Å². The first-order valence-electron chi connectivity index (χ1n) is 7.18. The molecule has 0 radical (unpaired) electrons. The summed E-state index contributed by atoms with van der Waals surface area (Å²) >= 11 is 0. The molecule has 1 aromatic heterocycles. The Morgan fingerprint density at radius 1 is 1.05 bits per heavy atom. The SMILES string of the molecule is CC(C)(C#N)c1ccc(-c2cccc3c(N)ccnc23)cc1. The van der Waals surface area contributed by atoms with Gasteiger partial charge in [0.1, 0.15) is 0 Å². The summed E-state index contributed by atoms with van der Waals surface area (Å²) in [5.41, 5.74) is 10.3. The smallest absolute Gasteiger partial charge is 0.0800 e. The molecule has 3 nitrogen and oxygen atoms in total. The molecule has 0 bridgehead atoms. The second-order valence-electron chi connectivity index (χ2n) is 5.92. The van der Waals surface area contributed by atoms with Gasteiger partial charge in [-0.1, -0.05) is 42.5 Å². The number of nitriles is 1. The number of hydrogen-bond donors (Lipinski definition) is 1. The van der Waals surface area contributed by atoms with Gasteiger partial charge in [0.25, 0.3) is 0 Å². The Balaban J connectivity index is 2.13. The fourth-order valence-electron chi connectivity index (χ4n) is 2.56. The van der Waals surface area contributed by atoms with Gasteiger partial charge in [0.05, 0.1) is 17.0 Å². The Kier molecular flexibility index (Phi) is 3.30. The quantitative estimate of drug-likeness (QED) is 0.765. The highest BCUT2D eigenvalue weighted by Crippen LogP contribution is 2.31. The molecule has 22 heavy (non-hydrogen) atoms. The monoisotopic (exact) mass is 287 g/mol. The normalized spacial score (nSPS) is 11.3. The second-order valence-corrected chi connectivity index (χ2v) is 5.92. The molecule has 0 saturated heterocycles. The van der Waals surface area contributed by atoms with E-state index >= 15 is 0 Å². The molecular formula is C19H17N3. The minimum atomic E-state index is -0.486. The second kappa shape index (κ2) is 5.16. The summed E-state index contributed by atoms with van der Waals surface area (Å²) in [6, 6.07) is 18.2. The van der Waals surface area contributed by atoms with Crippen molar-refractivity contribution < 1.29 is 0 Å². The molecule has 3 rings (SSSR count). The van der Waals surface area contributed by atoms with Crippen molar-refractivity contribution in [2.24, 2.45) is 0 Å². The van der Waals surface area contributed by atoms with Crippen molar-refractivity contribution in [1.82, 2.24) is 4.98 Å². The van der Waals surface area contributed by atoms with E-state index in [0.29, 0.717) is 0 Å². The van der Waals surface area contributed by atoms with Gasteiger partial charge in [-0.3, -0.25) is 4.98 Å². The molecule has 2 aromatic carbocycles. The summed E-state index contributed by atoms with van der Waals surface area (Å²) in [5.74, 6) is 0. The highest BCUT2D eigenvalue weighted by Gasteiger charge is 2.19. The molecule has 108 valence electrons. The van der Waals surface area contributed by atoms with Gasteiger partial charge in [-0.05, 0) is 31.0 Å². The number of pyridine rings is 1. The molecule has 2 N–H and O–H groups in total. The molecule has 0 fully saturated rings. The van der Waals surface area contributed by atoms with Gasteiger partial charge in [0.2, 0.25) is 0 Å². The zero-order valence-corrected chi connectivity index (χ0v) is 12.7. The van der Waals surface area contributed by atoms with E-state index in [1.54, 1.807) is 6.20 Å². The van der Waals surface area contributed by atoms with Crippen LogP contribution >= 0.6 is 0 Å². The zero-order chi connectivity index (χ0) is 15.7. The van der Waals surface area contributed by atoms with Crippen LogP contribution in [0.1, 0.15) is 19.4 Å². The Labute approximate surface area is 130 Å². The first-order valence-corrected chi connectivity index (χ1v) is 7.18. The van der Waals surface area contributed by atoms with Crippen molar-refractivity contribution in [2.75, 3.05) is 5.73 Å². The summed E-state index contributed by atoms with van der Waals surface area (Å²) in [6.07, 6.45) is 1.73. The first kappa shape index (κ1) is 14.1. The maximum atomic E-state index is 9.23. The molecule has 1 heterocycles. The van der Waals surface area contributed by atoms with Gasteiger partial charge in [0.15, 0.2) is 0 Å². The molecule has 0 aliphatic carbocycles. The lowest BCUT2D eigenvalue weighted by molar-refractivity contribution is 0.687. The van der Waals surface area contributed by atoms with E-state index < -0.39 is 5.41 Å². The first-order chi connectivity index (χ1) is 10.5. The molecule has 3 heteroatoms. The molecule has 3 aromatic rings. The van der Waals surface area contributed by atoms with Gasteiger partial charge < -0.3 is 5.73 Å². The van der Waals surface area contributed by atoms with Crippen LogP contribution in [0, 0.1) is 11.3 Å². The van der Waals surface area contributed by atoms with Crippen molar-refractivity contribution in [3.8, 4) is 17.2 Å². The number of nitrogens with two attached hydrogens (primary N) is 1. The van der Waals surface area contributed by atoms with Crippen molar-refractivity contribution in [1.29, 1.82) is 5.26 Å². The largest absolute Gasteiger partial charge is 0.398 e. The van der Waals surface area contributed by atoms with E-state index in [0.717, 1.165) is 33.3 Å². The number of nitrogens with zero attached hydrogens (tertiary/aromatic N) is 2. The lowest BCUT2D eigenvalue weighted by atomic mass is 9.85. The average Bonchev–Trinajstić information content (AvgIpc) is 2.55. The van der Waals surface area contributed by atoms with E-state index in [1.807, 2.05) is 62.4 Å². The zero-order valence-electron chi connectivity index (χ0n) is 12.7. The summed E-state index contributed by atoms with van der Waals surface area (Å²) < 4.78 is 0. The Morgan fingerprint density at radius 3 is 2.45 bits per heavy atom. The number of para-hydroxylation sites is 1. The maximum absolute atomic E-state index is 9.23. The highest BCUT2D eigenvalue weighted by atomic mass is 14.7. The van der Waals surface area contributed by atoms with Crippen LogP contribution in [0.4, 0.5) is 5.69 Å². The Morgan fingerprint density at radius 2 is 1.77 bits per heavy atom. The predicted molar refractivity (Wildman–Crippen MR) is 90.2 cm³/mol. The van der Waals surface area contributed by atoms with Crippen LogP contribution in [-0.2, 0) is 5.41 Å². The highest BCUT2D eigenvalue weighted by molar-refractivity contribution is 5.99. The number of rotatable bonds is 2. The molecule has 0 saturated carbocycles. The molecule has 0 atom stereocenters. The summed E-state index contributed by atoms with van der Waals surface area (Å²) in [6.45, 7) is 3.84. The van der Waals surface area contributed by atoms with Crippen LogP contribution in [-0.4, -0.2) is 4.98 Å². The fourth-order valence-corrected chi connectivity index (χ4v) is 2.56. The minimum absolute atomic E-state index is 0.486. The number of aromatic nitrogens is 1. The van der Waals surface area contributed by atoms with Crippen LogP contribution in [0.3, 0.4) is 0 Å². The molecule has 0 aliphatic heterocycles. The van der Waals surface area contributed by atoms with Crippen molar-refractivity contribution in [2.45, 2.75) is 19.3 Å². The predicted octanol–water partition coefficient (Wildman–Crippen LogP) is 4.29. The average molecular weight is 287 g/mol. The van der Waals surface area contributed by atoms with E-state index in [-0.39, 0.29) is 0 Å². The summed E-state index contributed by atoms with van der Waals surface area (Å²) in [4.78, 5) is 4.47. The van der Waals surface area contributed by atoms with Gasteiger partial charge in [-0.15, -0.1) is 0 Å². The lowest BCUT2D eigenvalue weighted by Gasteiger charge is -2.16. The minimum Gasteiger partial charge on any atom is -0.398 e. The third-order valence-electron chi connectivity index (χ3n) is 4.00. The third-order valence-corrected chi connectivity index (χ3v) is 4.00. The number of benzene rings is 2. The molecule has 0 spiro atoms. The molecule has 0 aliphatic rings. The van der Waals surface area contributed by atoms with Crippen molar-refractivity contribution in [3.05, 3.63) is 60.3 Å². The number of anilines is 1. The van der Waals surface area contributed by atoms with E-state index in [9.17, 15) is 5.26 Å². The number of fused-ring (bicyclic) bond motifs is 1. The maximum Gasteiger partial charge on any atom is 0.0800 e. The van der Waals surface area contributed by atoms with Crippen molar-refractivity contribution >= 4 is 16.6 Å². The summed E-state index contributed by atoms with van der Waals surface area (Å²) in [5, 5.41) is 10.2. The van der Waals surface area contributed by atoms with Crippen LogP contribution in [0.5, 0.6) is 0 Å². The molecular weight excluding hydrogens is 270 g/mol.